The van der Waals surface area contributed by atoms with E-state index in [9.17, 15) is 14.4 Å². The molecule has 1 N–H and O–H groups in total. The molecule has 0 spiro atoms. The standard InChI is InChI=1S/C22H17N3O6S/c1-12-19-15(10-16(17-4-3-9-32-17)24-20(19)31-25-12)22(28)30-11-18(26)23-14-7-5-13(6-8-14)21(27)29-2/h3-10H,11H2,1-2H3,(H,23,26). The third-order valence-electron chi connectivity index (χ3n) is 4.53. The zero-order valence-corrected chi connectivity index (χ0v) is 17.9. The van der Waals surface area contributed by atoms with E-state index in [0.29, 0.717) is 28.0 Å². The lowest BCUT2D eigenvalue weighted by molar-refractivity contribution is -0.119. The minimum atomic E-state index is -0.697. The number of anilines is 1. The molecule has 0 atom stereocenters. The SMILES string of the molecule is COC(=O)c1ccc(NC(=O)COC(=O)c2cc(-c3cccs3)nc3onc(C)c23)cc1. The van der Waals surface area contributed by atoms with Gasteiger partial charge in [0, 0.05) is 5.69 Å². The molecule has 4 rings (SSSR count). The summed E-state index contributed by atoms with van der Waals surface area (Å²) in [6.07, 6.45) is 0. The number of thiophene rings is 1. The van der Waals surface area contributed by atoms with Crippen LogP contribution in [0.15, 0.2) is 52.4 Å². The smallest absolute Gasteiger partial charge is 0.339 e. The van der Waals surface area contributed by atoms with Gasteiger partial charge in [-0.3, -0.25) is 4.79 Å². The summed E-state index contributed by atoms with van der Waals surface area (Å²) in [5.74, 6) is -1.71. The second kappa shape index (κ2) is 8.98. The molecule has 0 aliphatic heterocycles. The molecule has 1 aromatic carbocycles. The number of methoxy groups -OCH3 is 1. The summed E-state index contributed by atoms with van der Waals surface area (Å²) in [6.45, 7) is 1.19. The summed E-state index contributed by atoms with van der Waals surface area (Å²) in [4.78, 5) is 41.8. The first-order chi connectivity index (χ1) is 15.5. The van der Waals surface area contributed by atoms with Gasteiger partial charge in [-0.15, -0.1) is 11.3 Å². The van der Waals surface area contributed by atoms with E-state index in [1.54, 1.807) is 25.1 Å². The van der Waals surface area contributed by atoms with Crippen molar-refractivity contribution in [1.82, 2.24) is 10.1 Å². The number of benzene rings is 1. The predicted molar refractivity (Wildman–Crippen MR) is 117 cm³/mol. The Morgan fingerprint density at radius 2 is 1.91 bits per heavy atom. The summed E-state index contributed by atoms with van der Waals surface area (Å²) in [6, 6.07) is 11.5. The Morgan fingerprint density at radius 1 is 1.12 bits per heavy atom. The number of nitrogens with one attached hydrogen (secondary N) is 1. The molecule has 9 nitrogen and oxygen atoms in total. The van der Waals surface area contributed by atoms with E-state index >= 15 is 0 Å². The third kappa shape index (κ3) is 4.35. The van der Waals surface area contributed by atoms with Crippen LogP contribution in [0.25, 0.3) is 21.7 Å². The fourth-order valence-electron chi connectivity index (χ4n) is 3.02. The second-order valence-corrected chi connectivity index (χ2v) is 7.62. The fraction of sp³-hybridized carbons (Fsp3) is 0.136. The molecule has 32 heavy (non-hydrogen) atoms. The van der Waals surface area contributed by atoms with Crippen molar-refractivity contribution >= 4 is 46.0 Å². The Kier molecular flexibility index (Phi) is 5.95. The molecule has 0 bridgehead atoms. The topological polar surface area (TPSA) is 121 Å². The average Bonchev–Trinajstić information content (AvgIpc) is 3.47. The lowest BCUT2D eigenvalue weighted by atomic mass is 10.1. The number of esters is 2. The number of fused-ring (bicyclic) bond motifs is 1. The maximum absolute atomic E-state index is 12.8. The number of aromatic nitrogens is 2. The Bertz CT molecular complexity index is 1300. The van der Waals surface area contributed by atoms with Gasteiger partial charge in [0.05, 0.1) is 39.9 Å². The molecule has 0 unspecified atom stereocenters. The van der Waals surface area contributed by atoms with Crippen LogP contribution in [0.4, 0.5) is 5.69 Å². The summed E-state index contributed by atoms with van der Waals surface area (Å²) >= 11 is 1.47. The summed E-state index contributed by atoms with van der Waals surface area (Å²) in [5.41, 5.74) is 2.27. The van der Waals surface area contributed by atoms with E-state index in [1.165, 1.54) is 30.6 Å². The van der Waals surface area contributed by atoms with Crippen LogP contribution in [0.2, 0.25) is 0 Å². The highest BCUT2D eigenvalue weighted by Gasteiger charge is 2.21. The quantitative estimate of drug-likeness (QED) is 0.439. The van der Waals surface area contributed by atoms with Crippen LogP contribution < -0.4 is 5.32 Å². The Hall–Kier alpha value is -4.05. The molecule has 4 aromatic rings. The molecule has 3 aromatic heterocycles. The van der Waals surface area contributed by atoms with Crippen LogP contribution in [0.1, 0.15) is 26.4 Å². The summed E-state index contributed by atoms with van der Waals surface area (Å²) in [7, 11) is 1.29. The van der Waals surface area contributed by atoms with Gasteiger partial charge in [0.15, 0.2) is 6.61 Å². The zero-order valence-electron chi connectivity index (χ0n) is 17.1. The number of amides is 1. The Morgan fingerprint density at radius 3 is 2.59 bits per heavy atom. The molecule has 0 aliphatic carbocycles. The molecule has 10 heteroatoms. The van der Waals surface area contributed by atoms with Gasteiger partial charge < -0.3 is 19.3 Å². The molecule has 1 amide bonds. The molecule has 3 heterocycles. The number of nitrogens with zero attached hydrogens (tertiary/aromatic N) is 2. The van der Waals surface area contributed by atoms with Crippen LogP contribution in [-0.2, 0) is 14.3 Å². The Balaban J connectivity index is 1.47. The van der Waals surface area contributed by atoms with Gasteiger partial charge in [0.2, 0.25) is 0 Å². The maximum Gasteiger partial charge on any atom is 0.339 e. The van der Waals surface area contributed by atoms with Gasteiger partial charge in [0.25, 0.3) is 11.6 Å². The van der Waals surface area contributed by atoms with Gasteiger partial charge in [0.1, 0.15) is 0 Å². The molecule has 0 radical (unpaired) electrons. The molecule has 0 aliphatic rings. The highest BCUT2D eigenvalue weighted by molar-refractivity contribution is 7.13. The number of carbonyl (C=O) groups excluding carboxylic acids is 3. The van der Waals surface area contributed by atoms with Crippen molar-refractivity contribution in [2.45, 2.75) is 6.92 Å². The van der Waals surface area contributed by atoms with Crippen LogP contribution in [0.5, 0.6) is 0 Å². The van der Waals surface area contributed by atoms with E-state index in [4.69, 9.17) is 9.26 Å². The van der Waals surface area contributed by atoms with Gasteiger partial charge in [-0.05, 0) is 48.7 Å². The summed E-state index contributed by atoms with van der Waals surface area (Å²) < 4.78 is 15.1. The van der Waals surface area contributed by atoms with E-state index in [1.807, 2.05) is 17.5 Å². The van der Waals surface area contributed by atoms with E-state index in [2.05, 4.69) is 20.2 Å². The first-order valence-corrected chi connectivity index (χ1v) is 10.3. The minimum absolute atomic E-state index is 0.215. The van der Waals surface area contributed by atoms with Crippen molar-refractivity contribution in [2.75, 3.05) is 19.0 Å². The van der Waals surface area contributed by atoms with Gasteiger partial charge in [-0.2, -0.15) is 0 Å². The van der Waals surface area contributed by atoms with Gasteiger partial charge >= 0.3 is 11.9 Å². The Labute approximate surface area is 186 Å². The number of carbonyl (C=O) groups is 3. The number of hydrogen-bond acceptors (Lipinski definition) is 9. The van der Waals surface area contributed by atoms with Gasteiger partial charge in [-0.25, -0.2) is 14.6 Å². The lowest BCUT2D eigenvalue weighted by Gasteiger charge is -2.08. The molecule has 0 saturated heterocycles. The number of rotatable bonds is 6. The van der Waals surface area contributed by atoms with Crippen LogP contribution >= 0.6 is 11.3 Å². The number of pyridine rings is 1. The molecule has 162 valence electrons. The van der Waals surface area contributed by atoms with Crippen molar-refractivity contribution in [2.24, 2.45) is 0 Å². The lowest BCUT2D eigenvalue weighted by Crippen LogP contribution is -2.21. The van der Waals surface area contributed by atoms with Crippen molar-refractivity contribution in [3.05, 3.63) is 64.7 Å². The first-order valence-electron chi connectivity index (χ1n) is 9.42. The number of aryl methyl sites for hydroxylation is 1. The van der Waals surface area contributed by atoms with Gasteiger partial charge in [-0.1, -0.05) is 11.2 Å². The van der Waals surface area contributed by atoms with Crippen molar-refractivity contribution in [3.63, 3.8) is 0 Å². The molecule has 0 saturated carbocycles. The van der Waals surface area contributed by atoms with Crippen LogP contribution in [-0.4, -0.2) is 41.7 Å². The predicted octanol–water partition coefficient (Wildman–Crippen LogP) is 3.84. The number of ether oxygens (including phenoxy) is 2. The summed E-state index contributed by atoms with van der Waals surface area (Å²) in [5, 5.41) is 8.82. The monoisotopic (exact) mass is 451 g/mol. The fourth-order valence-corrected chi connectivity index (χ4v) is 3.71. The first kappa shape index (κ1) is 21.2. The average molecular weight is 451 g/mol. The second-order valence-electron chi connectivity index (χ2n) is 6.67. The zero-order chi connectivity index (χ0) is 22.7. The highest BCUT2D eigenvalue weighted by atomic mass is 32.1. The molecule has 0 fully saturated rings. The largest absolute Gasteiger partial charge is 0.465 e. The molecular formula is C22H17N3O6S. The van der Waals surface area contributed by atoms with E-state index in [0.717, 1.165) is 4.88 Å². The van der Waals surface area contributed by atoms with Crippen molar-refractivity contribution in [1.29, 1.82) is 0 Å². The van der Waals surface area contributed by atoms with E-state index in [-0.39, 0.29) is 11.3 Å². The van der Waals surface area contributed by atoms with Crippen molar-refractivity contribution in [3.8, 4) is 10.6 Å². The highest BCUT2D eigenvalue weighted by Crippen LogP contribution is 2.29. The maximum atomic E-state index is 12.8. The normalized spacial score (nSPS) is 10.7. The van der Waals surface area contributed by atoms with Crippen LogP contribution in [0.3, 0.4) is 0 Å². The number of hydrogen-bond donors (Lipinski definition) is 1. The van der Waals surface area contributed by atoms with E-state index < -0.39 is 24.5 Å². The third-order valence-corrected chi connectivity index (χ3v) is 5.43. The van der Waals surface area contributed by atoms with Crippen molar-refractivity contribution < 1.29 is 28.4 Å². The van der Waals surface area contributed by atoms with Crippen LogP contribution in [0, 0.1) is 6.92 Å². The molecular weight excluding hydrogens is 434 g/mol. The minimum Gasteiger partial charge on any atom is -0.465 e.